The van der Waals surface area contributed by atoms with Crippen molar-refractivity contribution in [3.8, 4) is 33.4 Å². The SMILES string of the molecule is Cc1cc(N(c2cccc(-c3ccccc3)c2)c2cccc3c2sc2ccccc23)ccc1-c1ccc2c(c1)-c1ccccc1C21C2CC3CC(C2)CC1C3. The fourth-order valence-electron chi connectivity index (χ4n) is 12.2. The van der Waals surface area contributed by atoms with Crippen molar-refractivity contribution in [1.29, 1.82) is 0 Å². The molecule has 7 aromatic carbocycles. The Labute approximate surface area is 327 Å². The van der Waals surface area contributed by atoms with Crippen LogP contribution in [-0.4, -0.2) is 0 Å². The number of anilines is 3. The molecular formula is C53H43NS. The highest BCUT2D eigenvalue weighted by atomic mass is 32.1. The molecule has 0 amide bonds. The van der Waals surface area contributed by atoms with E-state index < -0.39 is 0 Å². The van der Waals surface area contributed by atoms with Crippen LogP contribution >= 0.6 is 11.3 Å². The van der Waals surface area contributed by atoms with Crippen molar-refractivity contribution in [1.82, 2.24) is 0 Å². The molecule has 5 aliphatic rings. The first-order valence-corrected chi connectivity index (χ1v) is 21.2. The molecule has 0 saturated heterocycles. The van der Waals surface area contributed by atoms with Crippen LogP contribution in [0.15, 0.2) is 158 Å². The average molecular weight is 726 g/mol. The van der Waals surface area contributed by atoms with Crippen molar-refractivity contribution in [3.63, 3.8) is 0 Å². The third kappa shape index (κ3) is 4.64. The van der Waals surface area contributed by atoms with E-state index in [2.05, 4.69) is 170 Å². The van der Waals surface area contributed by atoms with E-state index in [-0.39, 0.29) is 5.41 Å². The normalized spacial score (nSPS) is 23.1. The monoisotopic (exact) mass is 725 g/mol. The van der Waals surface area contributed by atoms with Crippen LogP contribution in [-0.2, 0) is 5.41 Å². The summed E-state index contributed by atoms with van der Waals surface area (Å²) in [5.74, 6) is 3.48. The highest BCUT2D eigenvalue weighted by Crippen LogP contribution is 2.69. The minimum atomic E-state index is 0.208. The molecule has 0 radical (unpaired) electrons. The molecule has 0 atom stereocenters. The molecule has 1 aromatic heterocycles. The van der Waals surface area contributed by atoms with Gasteiger partial charge in [0, 0.05) is 32.3 Å². The predicted octanol–water partition coefficient (Wildman–Crippen LogP) is 14.9. The number of nitrogens with zero attached hydrogens (tertiary/aromatic N) is 1. The Balaban J connectivity index is 0.994. The summed E-state index contributed by atoms with van der Waals surface area (Å²) >= 11 is 1.89. The van der Waals surface area contributed by atoms with Crippen molar-refractivity contribution < 1.29 is 0 Å². The van der Waals surface area contributed by atoms with E-state index in [0.717, 1.165) is 29.4 Å². The van der Waals surface area contributed by atoms with Crippen LogP contribution < -0.4 is 4.90 Å². The fourth-order valence-corrected chi connectivity index (χ4v) is 13.4. The molecule has 4 saturated carbocycles. The molecular weight excluding hydrogens is 683 g/mol. The molecule has 4 bridgehead atoms. The number of fused-ring (bicyclic) bond motifs is 6. The second-order valence-corrected chi connectivity index (χ2v) is 18.0. The molecule has 8 aromatic rings. The Morgan fingerprint density at radius 3 is 2.02 bits per heavy atom. The van der Waals surface area contributed by atoms with E-state index in [1.807, 2.05) is 11.3 Å². The van der Waals surface area contributed by atoms with Gasteiger partial charge in [-0.1, -0.05) is 115 Å². The van der Waals surface area contributed by atoms with Gasteiger partial charge in [-0.3, -0.25) is 0 Å². The lowest BCUT2D eigenvalue weighted by molar-refractivity contribution is -0.0399. The van der Waals surface area contributed by atoms with Crippen molar-refractivity contribution in [2.24, 2.45) is 23.7 Å². The zero-order valence-corrected chi connectivity index (χ0v) is 32.0. The van der Waals surface area contributed by atoms with Gasteiger partial charge in [0.05, 0.1) is 10.4 Å². The van der Waals surface area contributed by atoms with Gasteiger partial charge in [0.15, 0.2) is 0 Å². The molecule has 0 unspecified atom stereocenters. The number of thiophene rings is 1. The molecule has 4 fully saturated rings. The van der Waals surface area contributed by atoms with E-state index in [1.54, 1.807) is 11.1 Å². The van der Waals surface area contributed by atoms with Crippen LogP contribution in [0.3, 0.4) is 0 Å². The molecule has 2 heteroatoms. The number of aryl methyl sites for hydroxylation is 1. The molecule has 0 aliphatic heterocycles. The van der Waals surface area contributed by atoms with Gasteiger partial charge >= 0.3 is 0 Å². The molecule has 55 heavy (non-hydrogen) atoms. The standard InChI is InChI=1S/C53H43NS/c1-33-25-42(54(41-14-9-13-37(31-41)36-11-3-2-4-12-36)50-19-10-17-46-45-16-6-8-20-51(45)55-52(46)50)22-23-43(33)38-21-24-49-47(32-38)44-15-5-7-18-48(44)53(49)39-27-34-26-35(29-39)30-40(53)28-34/h2-25,31-32,34-35,39-40H,26-30H2,1H3. The summed E-state index contributed by atoms with van der Waals surface area (Å²) in [5, 5.41) is 2.63. The third-order valence-electron chi connectivity index (χ3n) is 14.2. The van der Waals surface area contributed by atoms with Gasteiger partial charge < -0.3 is 4.90 Å². The maximum atomic E-state index is 2.56. The van der Waals surface area contributed by atoms with E-state index in [0.29, 0.717) is 0 Å². The van der Waals surface area contributed by atoms with Gasteiger partial charge in [0.1, 0.15) is 0 Å². The number of hydrogen-bond donors (Lipinski definition) is 0. The van der Waals surface area contributed by atoms with Crippen LogP contribution in [0.1, 0.15) is 48.8 Å². The summed E-state index contributed by atoms with van der Waals surface area (Å²) in [4.78, 5) is 2.48. The lowest BCUT2D eigenvalue weighted by Crippen LogP contribution is -2.55. The van der Waals surface area contributed by atoms with E-state index >= 15 is 0 Å². The smallest absolute Gasteiger partial charge is 0.0640 e. The maximum Gasteiger partial charge on any atom is 0.0640 e. The zero-order valence-electron chi connectivity index (χ0n) is 31.2. The third-order valence-corrected chi connectivity index (χ3v) is 15.4. The first-order chi connectivity index (χ1) is 27.1. The Bertz CT molecular complexity index is 2780. The van der Waals surface area contributed by atoms with Crippen molar-refractivity contribution in [2.75, 3.05) is 4.90 Å². The van der Waals surface area contributed by atoms with Gasteiger partial charge in [0.25, 0.3) is 0 Å². The molecule has 0 N–H and O–H groups in total. The number of hydrogen-bond acceptors (Lipinski definition) is 2. The molecule has 1 spiro atoms. The van der Waals surface area contributed by atoms with Gasteiger partial charge in [-0.25, -0.2) is 0 Å². The summed E-state index contributed by atoms with van der Waals surface area (Å²) in [6.45, 7) is 2.30. The largest absolute Gasteiger partial charge is 0.309 e. The van der Waals surface area contributed by atoms with E-state index in [1.165, 1.54) is 103 Å². The Morgan fingerprint density at radius 1 is 0.491 bits per heavy atom. The van der Waals surface area contributed by atoms with Crippen LogP contribution in [0.25, 0.3) is 53.6 Å². The van der Waals surface area contributed by atoms with Gasteiger partial charge in [0.2, 0.25) is 0 Å². The Morgan fingerprint density at radius 2 is 1.18 bits per heavy atom. The summed E-state index contributed by atoms with van der Waals surface area (Å²) < 4.78 is 2.63. The summed E-state index contributed by atoms with van der Waals surface area (Å²) in [6.07, 6.45) is 7.17. The van der Waals surface area contributed by atoms with Crippen LogP contribution in [0.2, 0.25) is 0 Å². The first-order valence-electron chi connectivity index (χ1n) is 20.3. The average Bonchev–Trinajstić information content (AvgIpc) is 3.75. The number of rotatable bonds is 5. The molecule has 13 rings (SSSR count). The molecule has 1 heterocycles. The van der Waals surface area contributed by atoms with Crippen molar-refractivity contribution in [3.05, 3.63) is 174 Å². The van der Waals surface area contributed by atoms with E-state index in [9.17, 15) is 0 Å². The zero-order chi connectivity index (χ0) is 36.3. The quantitative estimate of drug-likeness (QED) is 0.171. The topological polar surface area (TPSA) is 3.24 Å². The Kier molecular flexibility index (Phi) is 6.97. The highest BCUT2D eigenvalue weighted by molar-refractivity contribution is 7.26. The molecule has 266 valence electrons. The fraction of sp³-hybridized carbons (Fsp3) is 0.208. The van der Waals surface area contributed by atoms with Crippen molar-refractivity contribution in [2.45, 2.75) is 44.4 Å². The lowest BCUT2D eigenvalue weighted by Gasteiger charge is -2.61. The van der Waals surface area contributed by atoms with Crippen LogP contribution in [0.5, 0.6) is 0 Å². The maximum absolute atomic E-state index is 2.56. The van der Waals surface area contributed by atoms with Crippen LogP contribution in [0.4, 0.5) is 17.1 Å². The van der Waals surface area contributed by atoms with E-state index in [4.69, 9.17) is 0 Å². The molecule has 1 nitrogen and oxygen atoms in total. The van der Waals surface area contributed by atoms with Gasteiger partial charge in [-0.15, -0.1) is 11.3 Å². The second kappa shape index (κ2) is 12.0. The summed E-state index contributed by atoms with van der Waals surface area (Å²) in [7, 11) is 0. The minimum Gasteiger partial charge on any atom is -0.309 e. The summed E-state index contributed by atoms with van der Waals surface area (Å²) in [6, 6.07) is 59.6. The minimum absolute atomic E-state index is 0.208. The van der Waals surface area contributed by atoms with Gasteiger partial charge in [-0.05, 0) is 155 Å². The Hall–Kier alpha value is -5.44. The lowest BCUT2D eigenvalue weighted by atomic mass is 9.43. The second-order valence-electron chi connectivity index (χ2n) is 17.0. The van der Waals surface area contributed by atoms with Crippen molar-refractivity contribution >= 4 is 48.6 Å². The first kappa shape index (κ1) is 31.9. The van der Waals surface area contributed by atoms with Gasteiger partial charge in [-0.2, -0.15) is 0 Å². The predicted molar refractivity (Wildman–Crippen MR) is 233 cm³/mol. The van der Waals surface area contributed by atoms with Crippen LogP contribution in [0, 0.1) is 30.6 Å². The highest BCUT2D eigenvalue weighted by Gasteiger charge is 2.61. The molecule has 5 aliphatic carbocycles. The number of benzene rings is 7. The summed E-state index contributed by atoms with van der Waals surface area (Å²) in [5.41, 5.74) is 16.4.